The van der Waals surface area contributed by atoms with Crippen LogP contribution < -0.4 is 9.47 Å². The van der Waals surface area contributed by atoms with Crippen molar-refractivity contribution in [3.63, 3.8) is 0 Å². The molecular formula is C12H11ClN2O2. The average molecular weight is 251 g/mol. The van der Waals surface area contributed by atoms with Crippen LogP contribution in [-0.4, -0.2) is 24.4 Å². The highest BCUT2D eigenvalue weighted by Crippen LogP contribution is 2.28. The van der Waals surface area contributed by atoms with Gasteiger partial charge < -0.3 is 9.47 Å². The molecule has 0 radical (unpaired) electrons. The fourth-order valence-corrected chi connectivity index (χ4v) is 1.53. The van der Waals surface area contributed by atoms with Gasteiger partial charge in [0.2, 0.25) is 0 Å². The van der Waals surface area contributed by atoms with E-state index >= 15 is 0 Å². The second-order valence-electron chi connectivity index (χ2n) is 3.34. The third-order valence-electron chi connectivity index (χ3n) is 2.28. The van der Waals surface area contributed by atoms with Gasteiger partial charge in [0.25, 0.3) is 0 Å². The van der Waals surface area contributed by atoms with Crippen LogP contribution in [0.1, 0.15) is 0 Å². The number of hydrogen-bond acceptors (Lipinski definition) is 4. The summed E-state index contributed by atoms with van der Waals surface area (Å²) in [4.78, 5) is 0. The lowest BCUT2D eigenvalue weighted by molar-refractivity contribution is 0.394. The van der Waals surface area contributed by atoms with Gasteiger partial charge in [0.15, 0.2) is 5.15 Å². The molecule has 1 heterocycles. The van der Waals surface area contributed by atoms with Crippen molar-refractivity contribution >= 4 is 11.6 Å². The number of aromatic nitrogens is 2. The first kappa shape index (κ1) is 11.7. The quantitative estimate of drug-likeness (QED) is 0.840. The molecule has 5 heteroatoms. The Morgan fingerprint density at radius 3 is 2.06 bits per heavy atom. The molecule has 2 rings (SSSR count). The smallest absolute Gasteiger partial charge is 0.151 e. The summed E-state index contributed by atoms with van der Waals surface area (Å²) in [7, 11) is 3.21. The molecule has 0 spiro atoms. The van der Waals surface area contributed by atoms with E-state index in [0.717, 1.165) is 5.56 Å². The van der Waals surface area contributed by atoms with Crippen molar-refractivity contribution in [1.82, 2.24) is 10.2 Å². The normalized spacial score (nSPS) is 10.1. The molecule has 88 valence electrons. The van der Waals surface area contributed by atoms with Crippen molar-refractivity contribution in [3.05, 3.63) is 35.5 Å². The lowest BCUT2D eigenvalue weighted by Crippen LogP contribution is -1.91. The number of methoxy groups -OCH3 is 2. The predicted octanol–water partition coefficient (Wildman–Crippen LogP) is 2.81. The zero-order chi connectivity index (χ0) is 12.3. The summed E-state index contributed by atoms with van der Waals surface area (Å²) < 4.78 is 10.4. The molecule has 0 unspecified atom stereocenters. The van der Waals surface area contributed by atoms with Gasteiger partial charge >= 0.3 is 0 Å². The minimum Gasteiger partial charge on any atom is -0.497 e. The number of nitrogens with zero attached hydrogens (tertiary/aromatic N) is 2. The fraction of sp³-hybridized carbons (Fsp3) is 0.167. The van der Waals surface area contributed by atoms with Gasteiger partial charge in [-0.15, -0.1) is 10.2 Å². The van der Waals surface area contributed by atoms with E-state index in [2.05, 4.69) is 10.2 Å². The van der Waals surface area contributed by atoms with E-state index < -0.39 is 0 Å². The molecule has 0 saturated heterocycles. The Bertz CT molecular complexity index is 492. The third-order valence-corrected chi connectivity index (χ3v) is 2.48. The Labute approximate surface area is 104 Å². The van der Waals surface area contributed by atoms with E-state index in [9.17, 15) is 0 Å². The summed E-state index contributed by atoms with van der Waals surface area (Å²) >= 11 is 5.69. The van der Waals surface area contributed by atoms with E-state index in [1.807, 2.05) is 12.1 Å². The minimum atomic E-state index is 0.364. The fourth-order valence-electron chi connectivity index (χ4n) is 1.43. The first-order valence-electron chi connectivity index (χ1n) is 4.95. The van der Waals surface area contributed by atoms with Crippen LogP contribution in [0.15, 0.2) is 30.3 Å². The van der Waals surface area contributed by atoms with E-state index in [-0.39, 0.29) is 0 Å². The third kappa shape index (κ3) is 2.65. The van der Waals surface area contributed by atoms with Crippen molar-refractivity contribution in [2.75, 3.05) is 14.2 Å². The van der Waals surface area contributed by atoms with Crippen LogP contribution in [0.3, 0.4) is 0 Å². The molecule has 17 heavy (non-hydrogen) atoms. The zero-order valence-corrected chi connectivity index (χ0v) is 10.2. The SMILES string of the molecule is COc1cc(OC)cc(-c2ccc(Cl)nn2)c1. The summed E-state index contributed by atoms with van der Waals surface area (Å²) in [6, 6.07) is 9.01. The standard InChI is InChI=1S/C12H11ClN2O2/c1-16-9-5-8(6-10(7-9)17-2)11-3-4-12(13)15-14-11/h3-7H,1-2H3. The van der Waals surface area contributed by atoms with Gasteiger partial charge in [0, 0.05) is 11.6 Å². The number of ether oxygens (including phenoxy) is 2. The molecule has 0 aliphatic carbocycles. The number of rotatable bonds is 3. The van der Waals surface area contributed by atoms with Crippen LogP contribution in [0.2, 0.25) is 5.15 Å². The number of hydrogen-bond donors (Lipinski definition) is 0. The van der Waals surface area contributed by atoms with Crippen LogP contribution in [-0.2, 0) is 0 Å². The van der Waals surface area contributed by atoms with Gasteiger partial charge in [0.1, 0.15) is 11.5 Å². The maximum Gasteiger partial charge on any atom is 0.151 e. The molecule has 1 aromatic carbocycles. The molecular weight excluding hydrogens is 240 g/mol. The summed E-state index contributed by atoms with van der Waals surface area (Å²) in [5, 5.41) is 8.17. The highest BCUT2D eigenvalue weighted by atomic mass is 35.5. The van der Waals surface area contributed by atoms with Crippen LogP contribution in [0.25, 0.3) is 11.3 Å². The Kier molecular flexibility index (Phi) is 3.44. The second-order valence-corrected chi connectivity index (χ2v) is 3.73. The molecule has 0 N–H and O–H groups in total. The molecule has 4 nitrogen and oxygen atoms in total. The molecule has 2 aromatic rings. The molecule has 0 saturated carbocycles. The van der Waals surface area contributed by atoms with Gasteiger partial charge in [-0.1, -0.05) is 11.6 Å². The van der Waals surface area contributed by atoms with Crippen LogP contribution in [0, 0.1) is 0 Å². The molecule has 0 amide bonds. The van der Waals surface area contributed by atoms with Gasteiger partial charge in [-0.2, -0.15) is 0 Å². The Balaban J connectivity index is 2.46. The van der Waals surface area contributed by atoms with Crippen molar-refractivity contribution in [3.8, 4) is 22.8 Å². The predicted molar refractivity (Wildman–Crippen MR) is 65.6 cm³/mol. The van der Waals surface area contributed by atoms with Crippen molar-refractivity contribution < 1.29 is 9.47 Å². The van der Waals surface area contributed by atoms with Crippen LogP contribution in [0.4, 0.5) is 0 Å². The summed E-state index contributed by atoms with van der Waals surface area (Å²) in [5.41, 5.74) is 1.58. The number of benzene rings is 1. The minimum absolute atomic E-state index is 0.364. The zero-order valence-electron chi connectivity index (χ0n) is 9.48. The Morgan fingerprint density at radius 2 is 1.59 bits per heavy atom. The van der Waals surface area contributed by atoms with Crippen molar-refractivity contribution in [1.29, 1.82) is 0 Å². The molecule has 1 aromatic heterocycles. The summed E-state index contributed by atoms with van der Waals surface area (Å²) in [5.74, 6) is 1.41. The molecule has 0 atom stereocenters. The Morgan fingerprint density at radius 1 is 0.941 bits per heavy atom. The average Bonchev–Trinajstić information content (AvgIpc) is 2.39. The van der Waals surface area contributed by atoms with Crippen molar-refractivity contribution in [2.24, 2.45) is 0 Å². The monoisotopic (exact) mass is 250 g/mol. The van der Waals surface area contributed by atoms with E-state index in [0.29, 0.717) is 22.3 Å². The van der Waals surface area contributed by atoms with E-state index in [1.54, 1.807) is 32.4 Å². The molecule has 0 aliphatic rings. The number of halogens is 1. The highest BCUT2D eigenvalue weighted by Gasteiger charge is 2.05. The summed E-state index contributed by atoms with van der Waals surface area (Å²) in [6.45, 7) is 0. The van der Waals surface area contributed by atoms with Gasteiger partial charge in [-0.25, -0.2) is 0 Å². The van der Waals surface area contributed by atoms with Crippen LogP contribution in [0.5, 0.6) is 11.5 Å². The molecule has 0 fully saturated rings. The van der Waals surface area contributed by atoms with Crippen LogP contribution >= 0.6 is 11.6 Å². The van der Waals surface area contributed by atoms with Gasteiger partial charge in [-0.3, -0.25) is 0 Å². The van der Waals surface area contributed by atoms with Gasteiger partial charge in [-0.05, 0) is 24.3 Å². The maximum atomic E-state index is 5.69. The second kappa shape index (κ2) is 5.01. The van der Waals surface area contributed by atoms with Crippen molar-refractivity contribution in [2.45, 2.75) is 0 Å². The summed E-state index contributed by atoms with van der Waals surface area (Å²) in [6.07, 6.45) is 0. The lowest BCUT2D eigenvalue weighted by atomic mass is 10.1. The topological polar surface area (TPSA) is 44.2 Å². The maximum absolute atomic E-state index is 5.69. The first-order chi connectivity index (χ1) is 8.22. The van der Waals surface area contributed by atoms with E-state index in [1.165, 1.54) is 0 Å². The lowest BCUT2D eigenvalue weighted by Gasteiger charge is -2.07. The highest BCUT2D eigenvalue weighted by molar-refractivity contribution is 6.29. The molecule has 0 bridgehead atoms. The first-order valence-corrected chi connectivity index (χ1v) is 5.33. The largest absolute Gasteiger partial charge is 0.497 e. The molecule has 0 aliphatic heterocycles. The Hall–Kier alpha value is -1.81. The van der Waals surface area contributed by atoms with E-state index in [4.69, 9.17) is 21.1 Å². The van der Waals surface area contributed by atoms with Gasteiger partial charge in [0.05, 0.1) is 19.9 Å².